The second-order valence-electron chi connectivity index (χ2n) is 5.60. The Morgan fingerprint density at radius 2 is 1.90 bits per heavy atom. The maximum Gasteiger partial charge on any atom is 0.260 e. The Bertz CT molecular complexity index is 510. The van der Waals surface area contributed by atoms with Crippen LogP contribution in [0.4, 0.5) is 0 Å². The number of aromatic nitrogens is 1. The fourth-order valence-electron chi connectivity index (χ4n) is 1.94. The predicted molar refractivity (Wildman–Crippen MR) is 80.9 cm³/mol. The second kappa shape index (κ2) is 7.15. The van der Waals surface area contributed by atoms with Crippen molar-refractivity contribution in [3.05, 3.63) is 23.9 Å². The molecule has 0 saturated heterocycles. The number of nitrogens with one attached hydrogen (secondary N) is 1. The average Bonchev–Trinajstić information content (AvgIpc) is 2.36. The lowest BCUT2D eigenvalue weighted by Gasteiger charge is -2.27. The van der Waals surface area contributed by atoms with Crippen molar-refractivity contribution in [2.24, 2.45) is 5.92 Å². The summed E-state index contributed by atoms with van der Waals surface area (Å²) in [5.41, 5.74) is 0.964. The molecule has 20 heavy (non-hydrogen) atoms. The molecule has 0 radical (unpaired) electrons. The van der Waals surface area contributed by atoms with Gasteiger partial charge < -0.3 is 5.32 Å². The zero-order valence-electron chi connectivity index (χ0n) is 12.9. The predicted octanol–water partition coefficient (Wildman–Crippen LogP) is 1.86. The highest BCUT2D eigenvalue weighted by Crippen LogP contribution is 2.18. The van der Waals surface area contributed by atoms with Gasteiger partial charge in [0.25, 0.3) is 10.0 Å². The van der Waals surface area contributed by atoms with Crippen molar-refractivity contribution in [3.63, 3.8) is 0 Å². The van der Waals surface area contributed by atoms with Crippen molar-refractivity contribution < 1.29 is 8.42 Å². The summed E-state index contributed by atoms with van der Waals surface area (Å²) < 4.78 is 26.8. The minimum absolute atomic E-state index is 0.0822. The highest BCUT2D eigenvalue weighted by Gasteiger charge is 2.28. The van der Waals surface area contributed by atoms with E-state index in [0.29, 0.717) is 13.1 Å². The van der Waals surface area contributed by atoms with E-state index in [2.05, 4.69) is 10.3 Å². The van der Waals surface area contributed by atoms with Crippen LogP contribution in [0.5, 0.6) is 0 Å². The van der Waals surface area contributed by atoms with Gasteiger partial charge in [0.1, 0.15) is 0 Å². The number of nitrogens with zero attached hydrogens (tertiary/aromatic N) is 2. The van der Waals surface area contributed by atoms with Crippen LogP contribution in [-0.2, 0) is 16.6 Å². The van der Waals surface area contributed by atoms with Gasteiger partial charge in [0, 0.05) is 25.3 Å². The van der Waals surface area contributed by atoms with Gasteiger partial charge in [-0.2, -0.15) is 4.31 Å². The molecule has 1 aromatic heterocycles. The monoisotopic (exact) mass is 299 g/mol. The number of pyridine rings is 1. The van der Waals surface area contributed by atoms with Crippen molar-refractivity contribution in [1.29, 1.82) is 0 Å². The Morgan fingerprint density at radius 3 is 2.30 bits per heavy atom. The highest BCUT2D eigenvalue weighted by atomic mass is 32.2. The fourth-order valence-corrected chi connectivity index (χ4v) is 3.65. The van der Waals surface area contributed by atoms with E-state index in [0.717, 1.165) is 5.56 Å². The largest absolute Gasteiger partial charge is 0.316 e. The quantitative estimate of drug-likeness (QED) is 0.835. The van der Waals surface area contributed by atoms with Crippen LogP contribution in [-0.4, -0.2) is 37.3 Å². The maximum atomic E-state index is 12.6. The first-order valence-corrected chi connectivity index (χ1v) is 8.34. The Balaban J connectivity index is 3.06. The molecule has 6 heteroatoms. The van der Waals surface area contributed by atoms with Gasteiger partial charge in [-0.1, -0.05) is 19.9 Å². The Kier molecular flexibility index (Phi) is 6.10. The number of sulfonamides is 1. The lowest BCUT2D eigenvalue weighted by Crippen LogP contribution is -2.39. The molecule has 5 nitrogen and oxygen atoms in total. The minimum atomic E-state index is -3.53. The Hall–Kier alpha value is -0.980. The van der Waals surface area contributed by atoms with Crippen LogP contribution in [0.15, 0.2) is 23.4 Å². The zero-order chi connectivity index (χ0) is 15.3. The molecule has 0 unspecified atom stereocenters. The van der Waals surface area contributed by atoms with E-state index in [1.165, 1.54) is 4.31 Å². The smallest absolute Gasteiger partial charge is 0.260 e. The first-order chi connectivity index (χ1) is 9.28. The molecule has 0 aliphatic carbocycles. The van der Waals surface area contributed by atoms with Gasteiger partial charge in [-0.05, 0) is 38.4 Å². The second-order valence-corrected chi connectivity index (χ2v) is 7.43. The van der Waals surface area contributed by atoms with E-state index in [1.807, 2.05) is 34.7 Å². The molecule has 1 rings (SSSR count). The van der Waals surface area contributed by atoms with E-state index in [-0.39, 0.29) is 17.0 Å². The van der Waals surface area contributed by atoms with Crippen molar-refractivity contribution in [2.75, 3.05) is 13.6 Å². The van der Waals surface area contributed by atoms with E-state index in [4.69, 9.17) is 0 Å². The first-order valence-electron chi connectivity index (χ1n) is 6.90. The lowest BCUT2D eigenvalue weighted by atomic mass is 10.2. The van der Waals surface area contributed by atoms with Crippen molar-refractivity contribution in [3.8, 4) is 0 Å². The zero-order valence-corrected chi connectivity index (χ0v) is 13.7. The van der Waals surface area contributed by atoms with Crippen LogP contribution < -0.4 is 5.32 Å². The van der Waals surface area contributed by atoms with Crippen LogP contribution >= 0.6 is 0 Å². The number of hydrogen-bond acceptors (Lipinski definition) is 4. The molecule has 1 aromatic rings. The fraction of sp³-hybridized carbons (Fsp3) is 0.643. The Morgan fingerprint density at radius 1 is 1.25 bits per heavy atom. The minimum Gasteiger partial charge on any atom is -0.316 e. The third kappa shape index (κ3) is 4.26. The molecule has 0 amide bonds. The molecule has 0 aromatic carbocycles. The maximum absolute atomic E-state index is 12.6. The summed E-state index contributed by atoms with van der Waals surface area (Å²) in [6.45, 7) is 8.96. The summed E-state index contributed by atoms with van der Waals surface area (Å²) in [5, 5.41) is 3.13. The van der Waals surface area contributed by atoms with Crippen molar-refractivity contribution >= 4 is 10.0 Å². The van der Waals surface area contributed by atoms with Crippen molar-refractivity contribution in [2.45, 2.75) is 45.3 Å². The van der Waals surface area contributed by atoms with Gasteiger partial charge in [-0.3, -0.25) is 0 Å². The van der Waals surface area contributed by atoms with Gasteiger partial charge in [-0.15, -0.1) is 0 Å². The molecular weight excluding hydrogens is 274 g/mol. The topological polar surface area (TPSA) is 62.3 Å². The molecule has 1 N–H and O–H groups in total. The standard InChI is InChI=1S/C14H25N3O2S/c1-11(2)10-17(12(3)4)20(18,19)14-7-6-13(8-15-5)9-16-14/h6-7,9,11-12,15H,8,10H2,1-5H3. The third-order valence-electron chi connectivity index (χ3n) is 2.87. The normalized spacial score (nSPS) is 12.6. The molecule has 0 atom stereocenters. The molecule has 0 fully saturated rings. The molecule has 1 heterocycles. The molecule has 114 valence electrons. The van der Waals surface area contributed by atoms with Crippen molar-refractivity contribution in [1.82, 2.24) is 14.6 Å². The summed E-state index contributed by atoms with van der Waals surface area (Å²) >= 11 is 0. The average molecular weight is 299 g/mol. The van der Waals surface area contributed by atoms with Crippen LogP contribution in [0.1, 0.15) is 33.3 Å². The SMILES string of the molecule is CNCc1ccc(S(=O)(=O)N(CC(C)C)C(C)C)nc1. The van der Waals surface area contributed by atoms with E-state index in [1.54, 1.807) is 18.3 Å². The molecule has 0 bridgehead atoms. The van der Waals surface area contributed by atoms with Crippen LogP contribution in [0.2, 0.25) is 0 Å². The van der Waals surface area contributed by atoms with Gasteiger partial charge >= 0.3 is 0 Å². The summed E-state index contributed by atoms with van der Waals surface area (Å²) in [6, 6.07) is 3.29. The highest BCUT2D eigenvalue weighted by molar-refractivity contribution is 7.89. The van der Waals surface area contributed by atoms with Gasteiger partial charge in [-0.25, -0.2) is 13.4 Å². The van der Waals surface area contributed by atoms with E-state index < -0.39 is 10.0 Å². The Labute approximate surface area is 122 Å². The first kappa shape index (κ1) is 17.1. The van der Waals surface area contributed by atoms with Crippen LogP contribution in [0.25, 0.3) is 0 Å². The van der Waals surface area contributed by atoms with Gasteiger partial charge in [0.2, 0.25) is 0 Å². The number of hydrogen-bond donors (Lipinski definition) is 1. The van der Waals surface area contributed by atoms with E-state index in [9.17, 15) is 8.42 Å². The summed E-state index contributed by atoms with van der Waals surface area (Å²) in [5.74, 6) is 0.274. The van der Waals surface area contributed by atoms with Gasteiger partial charge in [0.15, 0.2) is 5.03 Å². The molecular formula is C14H25N3O2S. The third-order valence-corrected chi connectivity index (χ3v) is 4.83. The molecule has 0 spiro atoms. The molecule has 0 saturated carbocycles. The molecule has 0 aliphatic rings. The lowest BCUT2D eigenvalue weighted by molar-refractivity contribution is 0.318. The van der Waals surface area contributed by atoms with Gasteiger partial charge in [0.05, 0.1) is 0 Å². The molecule has 0 aliphatic heterocycles. The summed E-state index contributed by atoms with van der Waals surface area (Å²) in [4.78, 5) is 4.11. The number of rotatable bonds is 7. The van der Waals surface area contributed by atoms with E-state index >= 15 is 0 Å². The van der Waals surface area contributed by atoms with Crippen LogP contribution in [0.3, 0.4) is 0 Å². The summed E-state index contributed by atoms with van der Waals surface area (Å²) in [7, 11) is -1.68. The summed E-state index contributed by atoms with van der Waals surface area (Å²) in [6.07, 6.45) is 1.61. The van der Waals surface area contributed by atoms with Crippen LogP contribution in [0, 0.1) is 5.92 Å².